The van der Waals surface area contributed by atoms with E-state index in [1.807, 2.05) is 13.8 Å². The molecule has 0 heterocycles. The van der Waals surface area contributed by atoms with E-state index in [9.17, 15) is 4.79 Å². The molecule has 0 aromatic heterocycles. The van der Waals surface area contributed by atoms with E-state index in [0.29, 0.717) is 13.0 Å². The SMILES string of the molecule is CCC(C)(N)CCNC=O. The second kappa shape index (κ2) is 4.28. The van der Waals surface area contributed by atoms with Crippen molar-refractivity contribution in [3.8, 4) is 0 Å². The van der Waals surface area contributed by atoms with E-state index in [1.54, 1.807) is 0 Å². The Labute approximate surface area is 62.0 Å². The second-order valence-corrected chi connectivity index (χ2v) is 2.83. The largest absolute Gasteiger partial charge is 0.359 e. The Morgan fingerprint density at radius 1 is 1.70 bits per heavy atom. The lowest BCUT2D eigenvalue weighted by atomic mass is 9.96. The van der Waals surface area contributed by atoms with Crippen LogP contribution in [0.3, 0.4) is 0 Å². The number of nitrogens with two attached hydrogens (primary N) is 1. The summed E-state index contributed by atoms with van der Waals surface area (Å²) in [6.07, 6.45) is 2.47. The Hall–Kier alpha value is -0.570. The summed E-state index contributed by atoms with van der Waals surface area (Å²) in [7, 11) is 0. The van der Waals surface area contributed by atoms with Crippen molar-refractivity contribution in [3.05, 3.63) is 0 Å². The van der Waals surface area contributed by atoms with Gasteiger partial charge in [-0.15, -0.1) is 0 Å². The number of hydrogen-bond acceptors (Lipinski definition) is 2. The summed E-state index contributed by atoms with van der Waals surface area (Å²) in [4.78, 5) is 9.83. The Morgan fingerprint density at radius 2 is 2.30 bits per heavy atom. The maximum Gasteiger partial charge on any atom is 0.207 e. The van der Waals surface area contributed by atoms with Gasteiger partial charge in [0.25, 0.3) is 0 Å². The molecule has 1 unspecified atom stereocenters. The Morgan fingerprint density at radius 3 is 2.70 bits per heavy atom. The average Bonchev–Trinajstić information content (AvgIpc) is 1.89. The van der Waals surface area contributed by atoms with E-state index in [-0.39, 0.29) is 5.54 Å². The van der Waals surface area contributed by atoms with Crippen LogP contribution in [0.5, 0.6) is 0 Å². The van der Waals surface area contributed by atoms with Gasteiger partial charge in [-0.1, -0.05) is 6.92 Å². The number of hydrogen-bond donors (Lipinski definition) is 2. The van der Waals surface area contributed by atoms with Crippen LogP contribution < -0.4 is 11.1 Å². The molecular formula is C7H16N2O. The predicted octanol–water partition coefficient (Wildman–Crippen LogP) is 0.250. The highest BCUT2D eigenvalue weighted by Gasteiger charge is 2.13. The lowest BCUT2D eigenvalue weighted by Gasteiger charge is -2.21. The normalized spacial score (nSPS) is 15.9. The molecule has 0 aliphatic heterocycles. The summed E-state index contributed by atoms with van der Waals surface area (Å²) in [5.74, 6) is 0. The first-order chi connectivity index (χ1) is 4.62. The van der Waals surface area contributed by atoms with Crippen LogP contribution in [0.15, 0.2) is 0 Å². The van der Waals surface area contributed by atoms with Gasteiger partial charge in [0.2, 0.25) is 6.41 Å². The zero-order valence-corrected chi connectivity index (χ0v) is 6.68. The molecule has 0 aliphatic rings. The van der Waals surface area contributed by atoms with Crippen molar-refractivity contribution < 1.29 is 4.79 Å². The van der Waals surface area contributed by atoms with Gasteiger partial charge in [-0.05, 0) is 19.8 Å². The minimum absolute atomic E-state index is 0.129. The van der Waals surface area contributed by atoms with Crippen LogP contribution in [0.25, 0.3) is 0 Å². The van der Waals surface area contributed by atoms with E-state index in [4.69, 9.17) is 5.73 Å². The van der Waals surface area contributed by atoms with E-state index in [0.717, 1.165) is 12.8 Å². The fourth-order valence-electron chi connectivity index (χ4n) is 0.593. The molecule has 0 radical (unpaired) electrons. The molecule has 0 bridgehead atoms. The summed E-state index contributed by atoms with van der Waals surface area (Å²) in [6, 6.07) is 0. The van der Waals surface area contributed by atoms with E-state index >= 15 is 0 Å². The van der Waals surface area contributed by atoms with Crippen LogP contribution in [0.4, 0.5) is 0 Å². The molecule has 3 nitrogen and oxygen atoms in total. The molecule has 3 N–H and O–H groups in total. The first kappa shape index (κ1) is 9.43. The van der Waals surface area contributed by atoms with Gasteiger partial charge in [-0.3, -0.25) is 4.79 Å². The van der Waals surface area contributed by atoms with Crippen molar-refractivity contribution in [2.75, 3.05) is 6.54 Å². The Balaban J connectivity index is 3.36. The van der Waals surface area contributed by atoms with Gasteiger partial charge in [-0.2, -0.15) is 0 Å². The number of rotatable bonds is 5. The molecular weight excluding hydrogens is 128 g/mol. The lowest BCUT2D eigenvalue weighted by molar-refractivity contribution is -0.109. The zero-order chi connectivity index (χ0) is 8.04. The second-order valence-electron chi connectivity index (χ2n) is 2.83. The zero-order valence-electron chi connectivity index (χ0n) is 6.68. The Bertz CT molecular complexity index is 102. The lowest BCUT2D eigenvalue weighted by Crippen LogP contribution is -2.38. The highest BCUT2D eigenvalue weighted by Crippen LogP contribution is 2.07. The standard InChI is InChI=1S/C7H16N2O/c1-3-7(2,8)4-5-9-6-10/h6H,3-5,8H2,1-2H3,(H,9,10). The molecule has 0 saturated carbocycles. The number of carbonyl (C=O) groups is 1. The predicted molar refractivity (Wildman–Crippen MR) is 41.6 cm³/mol. The topological polar surface area (TPSA) is 55.1 Å². The van der Waals surface area contributed by atoms with E-state index < -0.39 is 0 Å². The molecule has 1 amide bonds. The average molecular weight is 144 g/mol. The molecule has 10 heavy (non-hydrogen) atoms. The summed E-state index contributed by atoms with van der Waals surface area (Å²) in [5.41, 5.74) is 5.67. The molecule has 0 fully saturated rings. The van der Waals surface area contributed by atoms with Crippen LogP contribution in [0, 0.1) is 0 Å². The van der Waals surface area contributed by atoms with E-state index in [1.165, 1.54) is 0 Å². The summed E-state index contributed by atoms with van der Waals surface area (Å²) in [6.45, 7) is 4.70. The fraction of sp³-hybridized carbons (Fsp3) is 0.857. The van der Waals surface area contributed by atoms with Crippen molar-refractivity contribution in [1.82, 2.24) is 5.32 Å². The third kappa shape index (κ3) is 4.32. The third-order valence-electron chi connectivity index (χ3n) is 1.73. The number of nitrogens with one attached hydrogen (secondary N) is 1. The monoisotopic (exact) mass is 144 g/mol. The minimum atomic E-state index is -0.129. The van der Waals surface area contributed by atoms with Gasteiger partial charge in [-0.25, -0.2) is 0 Å². The maximum atomic E-state index is 9.83. The highest BCUT2D eigenvalue weighted by molar-refractivity contribution is 5.45. The van der Waals surface area contributed by atoms with Crippen molar-refractivity contribution in [2.24, 2.45) is 5.73 Å². The Kier molecular flexibility index (Phi) is 4.03. The summed E-state index contributed by atoms with van der Waals surface area (Å²) in [5, 5.41) is 2.58. The molecule has 0 aromatic rings. The maximum absolute atomic E-state index is 9.83. The van der Waals surface area contributed by atoms with E-state index in [2.05, 4.69) is 5.32 Å². The van der Waals surface area contributed by atoms with Gasteiger partial charge < -0.3 is 11.1 Å². The molecule has 0 rings (SSSR count). The highest BCUT2D eigenvalue weighted by atomic mass is 16.1. The van der Waals surface area contributed by atoms with Crippen molar-refractivity contribution in [2.45, 2.75) is 32.2 Å². The van der Waals surface area contributed by atoms with Gasteiger partial charge in [0, 0.05) is 12.1 Å². The van der Waals surface area contributed by atoms with Crippen molar-refractivity contribution in [1.29, 1.82) is 0 Å². The van der Waals surface area contributed by atoms with Gasteiger partial charge in [0.05, 0.1) is 0 Å². The molecule has 3 heteroatoms. The fourth-order valence-corrected chi connectivity index (χ4v) is 0.593. The number of amides is 1. The first-order valence-corrected chi connectivity index (χ1v) is 3.58. The molecule has 0 aliphatic carbocycles. The molecule has 1 atom stereocenters. The summed E-state index contributed by atoms with van der Waals surface area (Å²) >= 11 is 0. The summed E-state index contributed by atoms with van der Waals surface area (Å²) < 4.78 is 0. The first-order valence-electron chi connectivity index (χ1n) is 3.58. The van der Waals surface area contributed by atoms with Crippen LogP contribution in [0.2, 0.25) is 0 Å². The van der Waals surface area contributed by atoms with Crippen LogP contribution in [-0.4, -0.2) is 18.5 Å². The molecule has 0 aromatic carbocycles. The third-order valence-corrected chi connectivity index (χ3v) is 1.73. The van der Waals surface area contributed by atoms with Crippen molar-refractivity contribution >= 4 is 6.41 Å². The number of carbonyl (C=O) groups excluding carboxylic acids is 1. The molecule has 60 valence electrons. The van der Waals surface area contributed by atoms with Crippen LogP contribution in [-0.2, 0) is 4.79 Å². The quantitative estimate of drug-likeness (QED) is 0.429. The van der Waals surface area contributed by atoms with Gasteiger partial charge >= 0.3 is 0 Å². The minimum Gasteiger partial charge on any atom is -0.359 e. The smallest absolute Gasteiger partial charge is 0.207 e. The molecule has 0 spiro atoms. The van der Waals surface area contributed by atoms with Crippen molar-refractivity contribution in [3.63, 3.8) is 0 Å². The van der Waals surface area contributed by atoms with Crippen LogP contribution in [0.1, 0.15) is 26.7 Å². The molecule has 0 saturated heterocycles. The van der Waals surface area contributed by atoms with Gasteiger partial charge in [0.15, 0.2) is 0 Å². The van der Waals surface area contributed by atoms with Crippen LogP contribution >= 0.6 is 0 Å². The van der Waals surface area contributed by atoms with Gasteiger partial charge in [0.1, 0.15) is 0 Å².